The van der Waals surface area contributed by atoms with Gasteiger partial charge < -0.3 is 67.1 Å². The number of carboxylic acid groups (broad SMARTS) is 2. The molecule has 0 rings (SSSR count). The first-order valence-electron chi connectivity index (χ1n) is 15.4. The van der Waals surface area contributed by atoms with Gasteiger partial charge in [0.15, 0.2) is 0 Å². The van der Waals surface area contributed by atoms with Gasteiger partial charge in [0.1, 0.15) is 13.2 Å². The highest BCUT2D eigenvalue weighted by Gasteiger charge is 2.14. The fourth-order valence-corrected chi connectivity index (χ4v) is 2.97. The van der Waals surface area contributed by atoms with E-state index in [9.17, 15) is 19.2 Å². The molecule has 0 aromatic heterocycles. The van der Waals surface area contributed by atoms with Crippen LogP contribution in [0.3, 0.4) is 0 Å². The Balaban J connectivity index is 3.12. The van der Waals surface area contributed by atoms with Crippen molar-refractivity contribution < 1.29 is 86.2 Å². The highest BCUT2D eigenvalue weighted by molar-refractivity contribution is 6.32. The average molecular weight is 689 g/mol. The summed E-state index contributed by atoms with van der Waals surface area (Å²) in [6.07, 6.45) is -0.671. The molecule has 0 amide bonds. The van der Waals surface area contributed by atoms with E-state index < -0.39 is 30.1 Å². The van der Waals surface area contributed by atoms with Gasteiger partial charge >= 0.3 is 17.9 Å². The van der Waals surface area contributed by atoms with Crippen LogP contribution in [-0.4, -0.2) is 186 Å². The molecule has 0 fully saturated rings. The molecule has 0 bridgehead atoms. The zero-order chi connectivity index (χ0) is 34.5. The van der Waals surface area contributed by atoms with Gasteiger partial charge in [-0.3, -0.25) is 9.59 Å². The first-order chi connectivity index (χ1) is 22.9. The Bertz CT molecular complexity index is 753. The van der Waals surface area contributed by atoms with Crippen LogP contribution in [0.5, 0.6) is 0 Å². The molecule has 18 nitrogen and oxygen atoms in total. The summed E-state index contributed by atoms with van der Waals surface area (Å²) in [5.41, 5.74) is 0. The minimum absolute atomic E-state index is 0.00712. The highest BCUT2D eigenvalue weighted by Crippen LogP contribution is 1.95. The van der Waals surface area contributed by atoms with Crippen LogP contribution in [0.4, 0.5) is 0 Å². The topological polar surface area (TPSA) is 219 Å². The number of aliphatic carboxylic acids is 2. The Morgan fingerprint density at radius 3 is 0.851 bits per heavy atom. The van der Waals surface area contributed by atoms with Crippen molar-refractivity contribution in [2.24, 2.45) is 0 Å². The standard InChI is InChI=1S/C29H52O18/c30-26(29(34)35)1-2-28(33)47-24-23-45-20-19-43-16-15-41-12-11-39-8-7-37-4-3-36-5-6-38-9-10-40-13-14-42-17-18-44-21-22-46-25-27(31)32/h1-25H2,(H,31,32)(H,34,35). The quantitative estimate of drug-likeness (QED) is 0.0460. The van der Waals surface area contributed by atoms with Crippen LogP contribution < -0.4 is 0 Å². The van der Waals surface area contributed by atoms with Crippen LogP contribution in [0.2, 0.25) is 0 Å². The van der Waals surface area contributed by atoms with E-state index in [1.165, 1.54) is 0 Å². The van der Waals surface area contributed by atoms with Gasteiger partial charge in [0, 0.05) is 6.42 Å². The minimum atomic E-state index is -1.57. The minimum Gasteiger partial charge on any atom is -0.480 e. The molecule has 0 aliphatic heterocycles. The third-order valence-electron chi connectivity index (χ3n) is 5.23. The summed E-state index contributed by atoms with van der Waals surface area (Å²) in [7, 11) is 0. The van der Waals surface area contributed by atoms with Crippen LogP contribution in [0.25, 0.3) is 0 Å². The average Bonchev–Trinajstić information content (AvgIpc) is 3.05. The lowest BCUT2D eigenvalue weighted by Gasteiger charge is -2.09. The molecule has 18 heteroatoms. The van der Waals surface area contributed by atoms with Crippen molar-refractivity contribution >= 4 is 23.7 Å². The fourth-order valence-electron chi connectivity index (χ4n) is 2.97. The Morgan fingerprint density at radius 2 is 0.596 bits per heavy atom. The first kappa shape index (κ1) is 44.6. The van der Waals surface area contributed by atoms with Crippen molar-refractivity contribution in [3.05, 3.63) is 0 Å². The molecule has 0 aliphatic rings. The van der Waals surface area contributed by atoms with Crippen molar-refractivity contribution in [1.29, 1.82) is 0 Å². The number of ether oxygens (including phenoxy) is 12. The number of carboxylic acids is 2. The molecule has 2 N–H and O–H groups in total. The predicted molar refractivity (Wildman–Crippen MR) is 159 cm³/mol. The van der Waals surface area contributed by atoms with E-state index in [1.54, 1.807) is 0 Å². The monoisotopic (exact) mass is 688 g/mol. The fraction of sp³-hybridized carbons (Fsp3) is 0.862. The molecule has 0 radical (unpaired) electrons. The van der Waals surface area contributed by atoms with Crippen molar-refractivity contribution in [3.8, 4) is 0 Å². The number of esters is 1. The van der Waals surface area contributed by atoms with Crippen molar-refractivity contribution in [2.45, 2.75) is 12.8 Å². The van der Waals surface area contributed by atoms with E-state index in [2.05, 4.69) is 0 Å². The second kappa shape index (κ2) is 36.5. The molecule has 0 saturated heterocycles. The molecule has 0 aromatic rings. The van der Waals surface area contributed by atoms with Crippen LogP contribution in [0.1, 0.15) is 12.8 Å². The van der Waals surface area contributed by atoms with Gasteiger partial charge in [-0.05, 0) is 0 Å². The zero-order valence-corrected chi connectivity index (χ0v) is 27.1. The second-order valence-corrected chi connectivity index (χ2v) is 9.02. The third-order valence-corrected chi connectivity index (χ3v) is 5.23. The number of Topliss-reactive ketones (excluding diaryl/α,β-unsaturated/α-hetero) is 1. The molecule has 0 aromatic carbocycles. The van der Waals surface area contributed by atoms with E-state index in [0.29, 0.717) is 126 Å². The summed E-state index contributed by atoms with van der Waals surface area (Å²) in [6, 6.07) is 0. The molecule has 47 heavy (non-hydrogen) atoms. The maximum atomic E-state index is 11.4. The van der Waals surface area contributed by atoms with Crippen LogP contribution in [0.15, 0.2) is 0 Å². The summed E-state index contributed by atoms with van der Waals surface area (Å²) in [6.45, 7) is 8.03. The molecule has 0 aliphatic carbocycles. The molecular formula is C29H52O18. The maximum Gasteiger partial charge on any atom is 0.372 e. The largest absolute Gasteiger partial charge is 0.480 e. The summed E-state index contributed by atoms with van der Waals surface area (Å²) < 4.78 is 63.3. The molecular weight excluding hydrogens is 636 g/mol. The van der Waals surface area contributed by atoms with E-state index >= 15 is 0 Å². The van der Waals surface area contributed by atoms with Gasteiger partial charge in [-0.1, -0.05) is 0 Å². The summed E-state index contributed by atoms with van der Waals surface area (Å²) in [4.78, 5) is 42.9. The van der Waals surface area contributed by atoms with E-state index in [0.717, 1.165) is 0 Å². The number of carbonyl (C=O) groups excluding carboxylic acids is 2. The zero-order valence-electron chi connectivity index (χ0n) is 27.1. The lowest BCUT2D eigenvalue weighted by atomic mass is 10.2. The van der Waals surface area contributed by atoms with E-state index in [4.69, 9.17) is 67.1 Å². The molecule has 0 heterocycles. The maximum absolute atomic E-state index is 11.4. The number of rotatable bonds is 39. The van der Waals surface area contributed by atoms with Gasteiger partial charge in [0.05, 0.1) is 145 Å². The summed E-state index contributed by atoms with van der Waals surface area (Å²) in [5, 5.41) is 16.8. The van der Waals surface area contributed by atoms with Crippen molar-refractivity contribution in [2.75, 3.05) is 152 Å². The van der Waals surface area contributed by atoms with E-state index in [1.807, 2.05) is 0 Å². The van der Waals surface area contributed by atoms with Crippen molar-refractivity contribution in [1.82, 2.24) is 0 Å². The summed E-state index contributed by atoms with van der Waals surface area (Å²) in [5.74, 6) is -4.26. The molecule has 0 spiro atoms. The van der Waals surface area contributed by atoms with Crippen LogP contribution in [0, 0.1) is 0 Å². The van der Waals surface area contributed by atoms with Crippen LogP contribution in [-0.2, 0) is 76.0 Å². The number of carbonyl (C=O) groups is 4. The molecule has 0 unspecified atom stereocenters. The number of hydrogen-bond donors (Lipinski definition) is 2. The number of ketones is 1. The second-order valence-electron chi connectivity index (χ2n) is 9.02. The van der Waals surface area contributed by atoms with E-state index in [-0.39, 0.29) is 32.8 Å². The SMILES string of the molecule is O=C(O)COCCOCCOCCOCCOCCOCCOCCOCCOCCOCCOCCOC(=O)CCC(=O)C(=O)O. The normalized spacial score (nSPS) is 11.1. The lowest BCUT2D eigenvalue weighted by Crippen LogP contribution is -2.17. The molecule has 0 saturated carbocycles. The Hall–Kier alpha value is -2.36. The van der Waals surface area contributed by atoms with Gasteiger partial charge in [0.25, 0.3) is 0 Å². The number of hydrogen-bond acceptors (Lipinski definition) is 16. The van der Waals surface area contributed by atoms with Gasteiger partial charge in [-0.2, -0.15) is 0 Å². The van der Waals surface area contributed by atoms with Gasteiger partial charge in [0.2, 0.25) is 5.78 Å². The Kier molecular flexibility index (Phi) is 34.6. The van der Waals surface area contributed by atoms with Gasteiger partial charge in [-0.15, -0.1) is 0 Å². The molecule has 0 atom stereocenters. The summed E-state index contributed by atoms with van der Waals surface area (Å²) >= 11 is 0. The Morgan fingerprint density at radius 1 is 0.340 bits per heavy atom. The third kappa shape index (κ3) is 38.0. The lowest BCUT2D eigenvalue weighted by molar-refractivity contribution is -0.151. The first-order valence-corrected chi connectivity index (χ1v) is 15.4. The van der Waals surface area contributed by atoms with Gasteiger partial charge in [-0.25, -0.2) is 9.59 Å². The molecule has 276 valence electrons. The van der Waals surface area contributed by atoms with Crippen LogP contribution >= 0.6 is 0 Å². The smallest absolute Gasteiger partial charge is 0.372 e. The predicted octanol–water partition coefficient (Wildman–Crippen LogP) is -0.769. The Labute approximate surface area is 275 Å². The van der Waals surface area contributed by atoms with Crippen molar-refractivity contribution in [3.63, 3.8) is 0 Å². The highest BCUT2D eigenvalue weighted by atomic mass is 16.6.